The molecule has 0 atom stereocenters. The number of anilines is 1. The molecule has 1 aromatic heterocycles. The Hall–Kier alpha value is -2.73. The average Bonchev–Trinajstić information content (AvgIpc) is 2.54. The Labute approximate surface area is 129 Å². The number of benzene rings is 2. The molecule has 0 fully saturated rings. The summed E-state index contributed by atoms with van der Waals surface area (Å²) in [5.41, 5.74) is -0.274. The van der Waals surface area contributed by atoms with Gasteiger partial charge < -0.3 is 14.2 Å². The molecule has 0 amide bonds. The van der Waals surface area contributed by atoms with Gasteiger partial charge in [-0.3, -0.25) is 4.79 Å². The Morgan fingerprint density at radius 3 is 2.50 bits per heavy atom. The van der Waals surface area contributed by atoms with E-state index < -0.39 is 10.7 Å². The van der Waals surface area contributed by atoms with Gasteiger partial charge in [-0.15, -0.1) is 0 Å². The Morgan fingerprint density at radius 2 is 1.73 bits per heavy atom. The molecular weight excluding hydrogens is 302 g/mol. The molecule has 22 heavy (non-hydrogen) atoms. The maximum absolute atomic E-state index is 12.2. The van der Waals surface area contributed by atoms with E-state index in [1.165, 1.54) is 0 Å². The predicted octanol–water partition coefficient (Wildman–Crippen LogP) is 3.40. The first-order valence-electron chi connectivity index (χ1n) is 6.44. The molecule has 0 bridgehead atoms. The lowest BCUT2D eigenvalue weighted by molar-refractivity contribution is 0.108. The molecule has 0 aliphatic rings. The summed E-state index contributed by atoms with van der Waals surface area (Å²) in [6.07, 6.45) is 0. The maximum atomic E-state index is 12.2. The molecule has 0 aliphatic carbocycles. The molecule has 1 heterocycles. The van der Waals surface area contributed by atoms with Crippen molar-refractivity contribution in [3.8, 4) is 5.75 Å². The van der Waals surface area contributed by atoms with Crippen molar-refractivity contribution in [3.63, 3.8) is 0 Å². The van der Waals surface area contributed by atoms with Crippen LogP contribution in [0.15, 0.2) is 63.8 Å². The van der Waals surface area contributed by atoms with Crippen LogP contribution in [0.5, 0.6) is 5.75 Å². The summed E-state index contributed by atoms with van der Waals surface area (Å²) in [5.74, 6) is -0.362. The Bertz CT molecular complexity index is 890. The fraction of sp³-hybridized carbons (Fsp3) is 0. The van der Waals surface area contributed by atoms with Crippen molar-refractivity contribution in [1.82, 2.24) is 0 Å². The van der Waals surface area contributed by atoms with Crippen LogP contribution in [0.1, 0.15) is 10.4 Å². The van der Waals surface area contributed by atoms with Crippen molar-refractivity contribution in [1.29, 1.82) is 0 Å². The molecule has 6 heteroatoms. The van der Waals surface area contributed by atoms with Gasteiger partial charge in [0.05, 0.1) is 5.39 Å². The molecule has 0 aliphatic heterocycles. The van der Waals surface area contributed by atoms with Crippen molar-refractivity contribution in [2.75, 3.05) is 4.72 Å². The van der Waals surface area contributed by atoms with E-state index in [1.54, 1.807) is 36.4 Å². The third-order valence-electron chi connectivity index (χ3n) is 3.03. The summed E-state index contributed by atoms with van der Waals surface area (Å²) in [6, 6.07) is 15.5. The van der Waals surface area contributed by atoms with E-state index in [1.807, 2.05) is 18.2 Å². The zero-order chi connectivity index (χ0) is 15.5. The second-order valence-corrected chi connectivity index (χ2v) is 5.25. The highest BCUT2D eigenvalue weighted by Gasteiger charge is 2.21. The van der Waals surface area contributed by atoms with Gasteiger partial charge in [-0.25, -0.2) is 4.79 Å². The van der Waals surface area contributed by atoms with Gasteiger partial charge in [-0.2, -0.15) is 0 Å². The van der Waals surface area contributed by atoms with Crippen LogP contribution in [0, 0.1) is 0 Å². The van der Waals surface area contributed by atoms with E-state index in [2.05, 4.69) is 4.72 Å². The fourth-order valence-corrected chi connectivity index (χ4v) is 2.60. The molecular formula is C16H11NO4S. The number of rotatable bonds is 3. The number of para-hydroxylation sites is 2. The lowest BCUT2D eigenvalue weighted by Gasteiger charge is -2.06. The van der Waals surface area contributed by atoms with Crippen molar-refractivity contribution in [2.45, 2.75) is 0 Å². The number of hydrogen-bond donors (Lipinski definition) is 2. The smallest absolute Gasteiger partial charge is 0.352 e. The molecule has 0 spiro atoms. The Morgan fingerprint density at radius 1 is 1.05 bits per heavy atom. The predicted molar refractivity (Wildman–Crippen MR) is 86.1 cm³/mol. The summed E-state index contributed by atoms with van der Waals surface area (Å²) >= 11 is 0.711. The number of hydrogen-bond acceptors (Lipinski definition) is 6. The van der Waals surface area contributed by atoms with Gasteiger partial charge in [0, 0.05) is 17.6 Å². The maximum Gasteiger partial charge on any atom is 0.352 e. The van der Waals surface area contributed by atoms with Gasteiger partial charge in [0.15, 0.2) is 5.56 Å². The van der Waals surface area contributed by atoms with Crippen molar-refractivity contribution in [2.24, 2.45) is 0 Å². The number of fused-ring (bicyclic) bond motifs is 1. The Kier molecular flexibility index (Phi) is 3.84. The first-order valence-corrected chi connectivity index (χ1v) is 7.25. The van der Waals surface area contributed by atoms with Crippen molar-refractivity contribution >= 4 is 33.7 Å². The quantitative estimate of drug-likeness (QED) is 0.570. The van der Waals surface area contributed by atoms with Crippen molar-refractivity contribution < 1.29 is 14.3 Å². The molecule has 5 nitrogen and oxygen atoms in total. The highest BCUT2D eigenvalue weighted by molar-refractivity contribution is 8.15. The van der Waals surface area contributed by atoms with Gasteiger partial charge in [-0.1, -0.05) is 30.3 Å². The van der Waals surface area contributed by atoms with Crippen LogP contribution in [-0.4, -0.2) is 10.2 Å². The summed E-state index contributed by atoms with van der Waals surface area (Å²) in [6.45, 7) is 0. The molecule has 110 valence electrons. The van der Waals surface area contributed by atoms with Gasteiger partial charge >= 0.3 is 5.63 Å². The molecule has 0 saturated carbocycles. The summed E-state index contributed by atoms with van der Waals surface area (Å²) in [5, 5.41) is 9.89. The molecule has 2 aromatic carbocycles. The average molecular weight is 313 g/mol. The van der Waals surface area contributed by atoms with Crippen LogP contribution in [0.4, 0.5) is 5.69 Å². The second kappa shape index (κ2) is 5.95. The lowest BCUT2D eigenvalue weighted by atomic mass is 10.1. The van der Waals surface area contributed by atoms with E-state index in [4.69, 9.17) is 4.42 Å². The van der Waals surface area contributed by atoms with Gasteiger partial charge in [-0.05, 0) is 24.3 Å². The zero-order valence-electron chi connectivity index (χ0n) is 11.3. The fourth-order valence-electron chi connectivity index (χ4n) is 1.98. The van der Waals surface area contributed by atoms with E-state index >= 15 is 0 Å². The normalized spacial score (nSPS) is 10.5. The number of aromatic hydroxyl groups is 1. The third kappa shape index (κ3) is 2.68. The SMILES string of the molecule is O=C(SNc1ccccc1)c1c(O)c2ccccc2oc1=O. The standard InChI is InChI=1S/C16H11NO4S/c18-14-11-8-4-5-9-12(11)21-15(19)13(14)16(20)22-17-10-6-2-1-3-7-10/h1-9,17-18H. The first-order chi connectivity index (χ1) is 10.7. The van der Waals surface area contributed by atoms with Gasteiger partial charge in [0.25, 0.3) is 5.12 Å². The van der Waals surface area contributed by atoms with Crippen LogP contribution in [0.25, 0.3) is 11.0 Å². The molecule has 2 N–H and O–H groups in total. The van der Waals surface area contributed by atoms with E-state index in [0.717, 1.165) is 0 Å². The van der Waals surface area contributed by atoms with Crippen LogP contribution in [0.2, 0.25) is 0 Å². The number of nitrogens with one attached hydrogen (secondary N) is 1. The highest BCUT2D eigenvalue weighted by atomic mass is 32.2. The molecule has 3 rings (SSSR count). The number of carbonyl (C=O) groups excluding carboxylic acids is 1. The molecule has 3 aromatic rings. The minimum absolute atomic E-state index is 0.238. The molecule has 0 radical (unpaired) electrons. The first kappa shape index (κ1) is 14.2. The van der Waals surface area contributed by atoms with Gasteiger partial charge in [0.2, 0.25) is 0 Å². The Balaban J connectivity index is 1.92. The summed E-state index contributed by atoms with van der Waals surface area (Å²) in [7, 11) is 0. The minimum atomic E-state index is -0.858. The van der Waals surface area contributed by atoms with Crippen molar-refractivity contribution in [3.05, 3.63) is 70.6 Å². The van der Waals surface area contributed by atoms with E-state index in [0.29, 0.717) is 23.0 Å². The summed E-state index contributed by atoms with van der Waals surface area (Å²) < 4.78 is 7.89. The molecule has 0 saturated heterocycles. The van der Waals surface area contributed by atoms with E-state index in [-0.39, 0.29) is 16.9 Å². The third-order valence-corrected chi connectivity index (χ3v) is 3.75. The van der Waals surface area contributed by atoms with Crippen LogP contribution >= 0.6 is 11.9 Å². The summed E-state index contributed by atoms with van der Waals surface area (Å²) in [4.78, 5) is 24.1. The van der Waals surface area contributed by atoms with Gasteiger partial charge in [0.1, 0.15) is 11.3 Å². The highest BCUT2D eigenvalue weighted by Crippen LogP contribution is 2.28. The minimum Gasteiger partial charge on any atom is -0.506 e. The van der Waals surface area contributed by atoms with Crippen LogP contribution in [-0.2, 0) is 0 Å². The van der Waals surface area contributed by atoms with E-state index in [9.17, 15) is 14.7 Å². The largest absolute Gasteiger partial charge is 0.506 e. The zero-order valence-corrected chi connectivity index (χ0v) is 12.1. The molecule has 0 unspecified atom stereocenters. The lowest BCUT2D eigenvalue weighted by Crippen LogP contribution is -2.13. The van der Waals surface area contributed by atoms with Crippen LogP contribution in [0.3, 0.4) is 0 Å². The monoisotopic (exact) mass is 313 g/mol. The number of carbonyl (C=O) groups is 1. The van der Waals surface area contributed by atoms with Crippen LogP contribution < -0.4 is 10.3 Å². The second-order valence-electron chi connectivity index (χ2n) is 4.47. The topological polar surface area (TPSA) is 79.5 Å².